The van der Waals surface area contributed by atoms with Crippen LogP contribution in [0.3, 0.4) is 0 Å². The smallest absolute Gasteiger partial charge is 0.411 e. The molecule has 0 fully saturated rings. The molecule has 116 valence electrons. The summed E-state index contributed by atoms with van der Waals surface area (Å²) in [7, 11) is -1.79. The highest BCUT2D eigenvalue weighted by Gasteiger charge is 2.37. The number of rotatable bonds is 3. The highest BCUT2D eigenvalue weighted by atomic mass is 28.4. The quantitative estimate of drug-likeness (QED) is 0.849. The summed E-state index contributed by atoms with van der Waals surface area (Å²) in [5.41, 5.74) is 3.07. The Morgan fingerprint density at radius 3 is 2.62 bits per heavy atom. The van der Waals surface area contributed by atoms with Crippen LogP contribution in [-0.4, -0.2) is 26.1 Å². The van der Waals surface area contributed by atoms with Crippen molar-refractivity contribution >= 4 is 20.1 Å². The van der Waals surface area contributed by atoms with Gasteiger partial charge in [-0.2, -0.15) is 0 Å². The summed E-state index contributed by atoms with van der Waals surface area (Å²) in [6.45, 7) is 12.3. The summed E-state index contributed by atoms with van der Waals surface area (Å²) in [6.07, 6.45) is -0.102. The van der Waals surface area contributed by atoms with Crippen molar-refractivity contribution in [3.05, 3.63) is 29.3 Å². The monoisotopic (exact) mass is 307 g/mol. The van der Waals surface area contributed by atoms with E-state index in [0.717, 1.165) is 23.2 Å². The predicted octanol–water partition coefficient (Wildman–Crippen LogP) is 4.25. The number of fused-ring (bicyclic) bond motifs is 1. The number of hydrogen-bond donors (Lipinski definition) is 1. The van der Waals surface area contributed by atoms with Crippen LogP contribution in [0.5, 0.6) is 0 Å². The molecule has 0 spiro atoms. The summed E-state index contributed by atoms with van der Waals surface area (Å²) < 4.78 is 6.27. The molecule has 4 nitrogen and oxygen atoms in total. The molecule has 0 atom stereocenters. The third kappa shape index (κ3) is 3.14. The van der Waals surface area contributed by atoms with Crippen LogP contribution in [0.25, 0.3) is 0 Å². The Morgan fingerprint density at radius 1 is 1.38 bits per heavy atom. The van der Waals surface area contributed by atoms with Gasteiger partial charge >= 0.3 is 6.09 Å². The zero-order valence-corrected chi connectivity index (χ0v) is 14.6. The van der Waals surface area contributed by atoms with E-state index in [1.165, 1.54) is 4.90 Å². The lowest BCUT2D eigenvalue weighted by atomic mass is 10.1. The van der Waals surface area contributed by atoms with Gasteiger partial charge in [0.2, 0.25) is 0 Å². The minimum Gasteiger partial charge on any atom is -0.465 e. The van der Waals surface area contributed by atoms with Gasteiger partial charge in [0.25, 0.3) is 0 Å². The first-order valence-electron chi connectivity index (χ1n) is 7.39. The highest BCUT2D eigenvalue weighted by molar-refractivity contribution is 6.74. The Morgan fingerprint density at radius 2 is 2.05 bits per heavy atom. The molecule has 21 heavy (non-hydrogen) atoms. The van der Waals surface area contributed by atoms with Gasteiger partial charge in [-0.3, -0.25) is 4.90 Å². The molecule has 1 aromatic rings. The molecule has 0 unspecified atom stereocenters. The number of anilines is 1. The Hall–Kier alpha value is -1.33. The zero-order chi connectivity index (χ0) is 15.8. The van der Waals surface area contributed by atoms with Crippen LogP contribution in [0.15, 0.2) is 18.2 Å². The summed E-state index contributed by atoms with van der Waals surface area (Å²) in [4.78, 5) is 12.6. The SMILES string of the molecule is CC(C)(C)[Si](C)(C)OCc1cccc2c1CCN2C(=O)O. The van der Waals surface area contributed by atoms with Crippen molar-refractivity contribution in [3.63, 3.8) is 0 Å². The predicted molar refractivity (Wildman–Crippen MR) is 87.5 cm³/mol. The van der Waals surface area contributed by atoms with Gasteiger partial charge < -0.3 is 9.53 Å². The van der Waals surface area contributed by atoms with Crippen LogP contribution in [0.2, 0.25) is 18.1 Å². The number of carbonyl (C=O) groups is 1. The molecule has 1 aromatic carbocycles. The second-order valence-electron chi connectivity index (χ2n) is 7.15. The number of carboxylic acid groups (broad SMARTS) is 1. The van der Waals surface area contributed by atoms with E-state index in [0.29, 0.717) is 13.2 Å². The van der Waals surface area contributed by atoms with Crippen LogP contribution in [-0.2, 0) is 17.5 Å². The third-order valence-corrected chi connectivity index (χ3v) is 9.23. The molecule has 1 aliphatic rings. The summed E-state index contributed by atoms with van der Waals surface area (Å²) in [5.74, 6) is 0. The van der Waals surface area contributed by atoms with Crippen molar-refractivity contribution in [2.45, 2.75) is 51.9 Å². The van der Waals surface area contributed by atoms with Crippen molar-refractivity contribution in [2.24, 2.45) is 0 Å². The molecule has 0 saturated carbocycles. The van der Waals surface area contributed by atoms with Gasteiger partial charge in [0.1, 0.15) is 0 Å². The molecule has 1 N–H and O–H groups in total. The fraction of sp³-hybridized carbons (Fsp3) is 0.562. The van der Waals surface area contributed by atoms with Gasteiger partial charge in [-0.15, -0.1) is 0 Å². The van der Waals surface area contributed by atoms with E-state index < -0.39 is 14.4 Å². The summed E-state index contributed by atoms with van der Waals surface area (Å²) in [6, 6.07) is 5.86. The normalized spacial score (nSPS) is 15.2. The van der Waals surface area contributed by atoms with Gasteiger partial charge in [-0.25, -0.2) is 4.79 Å². The Kier molecular flexibility index (Phi) is 4.17. The first-order valence-corrected chi connectivity index (χ1v) is 10.3. The maximum Gasteiger partial charge on any atom is 0.411 e. The van der Waals surface area contributed by atoms with E-state index in [1.54, 1.807) is 0 Å². The van der Waals surface area contributed by atoms with Gasteiger partial charge in [-0.1, -0.05) is 32.9 Å². The molecular formula is C16H25NO3Si. The second-order valence-corrected chi connectivity index (χ2v) is 12.0. The number of nitrogens with zero attached hydrogens (tertiary/aromatic N) is 1. The summed E-state index contributed by atoms with van der Waals surface area (Å²) >= 11 is 0. The molecule has 0 aromatic heterocycles. The van der Waals surface area contributed by atoms with Crippen LogP contribution in [0, 0.1) is 0 Å². The largest absolute Gasteiger partial charge is 0.465 e. The van der Waals surface area contributed by atoms with E-state index in [2.05, 4.69) is 39.9 Å². The van der Waals surface area contributed by atoms with Crippen LogP contribution < -0.4 is 4.90 Å². The molecule has 1 heterocycles. The average Bonchev–Trinajstić information content (AvgIpc) is 2.79. The molecule has 0 saturated heterocycles. The van der Waals surface area contributed by atoms with Crippen LogP contribution in [0.1, 0.15) is 31.9 Å². The lowest BCUT2D eigenvalue weighted by molar-refractivity contribution is 0.202. The number of amides is 1. The lowest BCUT2D eigenvalue weighted by Crippen LogP contribution is -2.40. The highest BCUT2D eigenvalue weighted by Crippen LogP contribution is 2.38. The third-order valence-electron chi connectivity index (χ3n) is 4.75. The van der Waals surface area contributed by atoms with Crippen molar-refractivity contribution in [2.75, 3.05) is 11.4 Å². The standard InChI is InChI=1S/C16H25NO3Si/c1-16(2,3)21(4,5)20-11-12-7-6-8-14-13(12)9-10-17(14)15(18)19/h6-8H,9-11H2,1-5H3,(H,18,19). The first-order chi connectivity index (χ1) is 9.63. The average molecular weight is 307 g/mol. The van der Waals surface area contributed by atoms with Gasteiger partial charge in [-0.05, 0) is 41.7 Å². The van der Waals surface area contributed by atoms with Crippen LogP contribution >= 0.6 is 0 Å². The minimum atomic E-state index is -1.79. The van der Waals surface area contributed by atoms with E-state index in [1.807, 2.05) is 12.1 Å². The van der Waals surface area contributed by atoms with Gasteiger partial charge in [0.05, 0.1) is 12.3 Å². The second kappa shape index (κ2) is 5.46. The molecule has 1 aliphatic heterocycles. The van der Waals surface area contributed by atoms with E-state index in [9.17, 15) is 9.90 Å². The molecule has 0 aliphatic carbocycles. The van der Waals surface area contributed by atoms with Crippen molar-refractivity contribution in [1.82, 2.24) is 0 Å². The number of benzene rings is 1. The van der Waals surface area contributed by atoms with Gasteiger partial charge in [0.15, 0.2) is 8.32 Å². The van der Waals surface area contributed by atoms with E-state index >= 15 is 0 Å². The Balaban J connectivity index is 2.19. The maximum absolute atomic E-state index is 11.2. The fourth-order valence-corrected chi connectivity index (χ4v) is 3.26. The fourth-order valence-electron chi connectivity index (χ4n) is 2.32. The molecule has 2 rings (SSSR count). The lowest BCUT2D eigenvalue weighted by Gasteiger charge is -2.36. The Bertz CT molecular complexity index is 549. The first kappa shape index (κ1) is 16.0. The summed E-state index contributed by atoms with van der Waals surface area (Å²) in [5, 5.41) is 9.40. The molecule has 0 bridgehead atoms. The zero-order valence-electron chi connectivity index (χ0n) is 13.6. The van der Waals surface area contributed by atoms with Crippen molar-refractivity contribution < 1.29 is 14.3 Å². The number of hydrogen-bond acceptors (Lipinski definition) is 2. The Labute approximate surface area is 127 Å². The minimum absolute atomic E-state index is 0.179. The molecule has 1 amide bonds. The maximum atomic E-state index is 11.2. The molecule has 5 heteroatoms. The van der Waals surface area contributed by atoms with E-state index in [-0.39, 0.29) is 5.04 Å². The molecule has 0 radical (unpaired) electrons. The van der Waals surface area contributed by atoms with Crippen molar-refractivity contribution in [3.8, 4) is 0 Å². The molecular weight excluding hydrogens is 282 g/mol. The van der Waals surface area contributed by atoms with E-state index in [4.69, 9.17) is 4.43 Å². The van der Waals surface area contributed by atoms with Crippen LogP contribution in [0.4, 0.5) is 10.5 Å². The topological polar surface area (TPSA) is 49.8 Å². The van der Waals surface area contributed by atoms with Crippen molar-refractivity contribution in [1.29, 1.82) is 0 Å². The van der Waals surface area contributed by atoms with Gasteiger partial charge in [0, 0.05) is 6.54 Å².